The Morgan fingerprint density at radius 2 is 2.25 bits per heavy atom. The molecule has 0 aliphatic carbocycles. The topological polar surface area (TPSA) is 70.5 Å². The van der Waals surface area contributed by atoms with Gasteiger partial charge in [-0.05, 0) is 13.8 Å². The van der Waals surface area contributed by atoms with Gasteiger partial charge in [0.1, 0.15) is 0 Å². The Kier molecular flexibility index (Phi) is 3.96. The van der Waals surface area contributed by atoms with Crippen LogP contribution in [0.4, 0.5) is 10.5 Å². The van der Waals surface area contributed by atoms with E-state index in [4.69, 9.17) is 0 Å². The molecular formula is C13H21N5O2. The number of nitrogens with one attached hydrogen (secondary N) is 1. The maximum absolute atomic E-state index is 12.0. The second kappa shape index (κ2) is 5.52. The summed E-state index contributed by atoms with van der Waals surface area (Å²) >= 11 is 0. The predicted molar refractivity (Wildman–Crippen MR) is 75.4 cm³/mol. The van der Waals surface area contributed by atoms with Gasteiger partial charge in [0, 0.05) is 39.3 Å². The van der Waals surface area contributed by atoms with E-state index in [-0.39, 0.29) is 24.0 Å². The molecule has 1 saturated heterocycles. The number of aryl methyl sites for hydroxylation is 1. The number of urea groups is 1. The number of carbonyl (C=O) groups excluding carboxylic acids is 2. The van der Waals surface area contributed by atoms with Crippen LogP contribution in [-0.2, 0) is 11.8 Å². The molecule has 0 spiro atoms. The molecule has 1 atom stereocenters. The number of hydrogen-bond acceptors (Lipinski definition) is 3. The Labute approximate surface area is 118 Å². The summed E-state index contributed by atoms with van der Waals surface area (Å²) in [6.45, 7) is 4.38. The fourth-order valence-electron chi connectivity index (χ4n) is 2.11. The first kappa shape index (κ1) is 14.4. The Balaban J connectivity index is 1.97. The van der Waals surface area contributed by atoms with E-state index in [1.807, 2.05) is 13.8 Å². The van der Waals surface area contributed by atoms with Crippen LogP contribution in [0.3, 0.4) is 0 Å². The summed E-state index contributed by atoms with van der Waals surface area (Å²) in [6, 6.07) is -0.177. The molecule has 2 heterocycles. The number of anilines is 1. The highest BCUT2D eigenvalue weighted by atomic mass is 16.2. The fraction of sp³-hybridized carbons (Fsp3) is 0.615. The number of aromatic nitrogens is 2. The van der Waals surface area contributed by atoms with E-state index < -0.39 is 0 Å². The molecule has 0 radical (unpaired) electrons. The molecule has 0 bridgehead atoms. The molecule has 1 fully saturated rings. The second-order valence-electron chi connectivity index (χ2n) is 5.43. The molecule has 3 amide bonds. The molecule has 1 N–H and O–H groups in total. The normalized spacial score (nSPS) is 18.8. The third-order valence-corrected chi connectivity index (χ3v) is 3.55. The lowest BCUT2D eigenvalue weighted by molar-refractivity contribution is -0.117. The minimum atomic E-state index is -0.156. The SMILES string of the molecule is CC(C)N(C)C(=O)NC1CC(=O)N(c2cnn(C)c2)C1. The van der Waals surface area contributed by atoms with Crippen molar-refractivity contribution in [3.8, 4) is 0 Å². The fourth-order valence-corrected chi connectivity index (χ4v) is 2.11. The third-order valence-electron chi connectivity index (χ3n) is 3.55. The van der Waals surface area contributed by atoms with E-state index in [2.05, 4.69) is 10.4 Å². The van der Waals surface area contributed by atoms with Gasteiger partial charge >= 0.3 is 6.03 Å². The van der Waals surface area contributed by atoms with Crippen molar-refractivity contribution in [3.63, 3.8) is 0 Å². The van der Waals surface area contributed by atoms with Gasteiger partial charge in [0.2, 0.25) is 5.91 Å². The monoisotopic (exact) mass is 279 g/mol. The zero-order chi connectivity index (χ0) is 14.9. The van der Waals surface area contributed by atoms with E-state index in [1.54, 1.807) is 41.0 Å². The van der Waals surface area contributed by atoms with Gasteiger partial charge in [0.25, 0.3) is 0 Å². The average Bonchev–Trinajstić information content (AvgIpc) is 2.94. The van der Waals surface area contributed by atoms with Gasteiger partial charge in [-0.2, -0.15) is 5.10 Å². The molecule has 7 heteroatoms. The number of amides is 3. The van der Waals surface area contributed by atoms with E-state index in [0.29, 0.717) is 13.0 Å². The maximum atomic E-state index is 12.0. The van der Waals surface area contributed by atoms with Gasteiger partial charge in [-0.1, -0.05) is 0 Å². The van der Waals surface area contributed by atoms with Crippen molar-refractivity contribution in [1.29, 1.82) is 0 Å². The molecule has 20 heavy (non-hydrogen) atoms. The third kappa shape index (κ3) is 2.92. The standard InChI is InChI=1S/C13H21N5O2/c1-9(2)17(4)13(20)15-10-5-12(19)18(7-10)11-6-14-16(3)8-11/h6,8-10H,5,7H2,1-4H3,(H,15,20). The highest BCUT2D eigenvalue weighted by Crippen LogP contribution is 2.20. The minimum absolute atomic E-state index is 0.00972. The van der Waals surface area contributed by atoms with Gasteiger partial charge in [-0.15, -0.1) is 0 Å². The van der Waals surface area contributed by atoms with Crippen LogP contribution in [0.5, 0.6) is 0 Å². The first-order chi connectivity index (χ1) is 9.38. The van der Waals surface area contributed by atoms with Crippen LogP contribution in [0.1, 0.15) is 20.3 Å². The summed E-state index contributed by atoms with van der Waals surface area (Å²) in [7, 11) is 3.55. The molecule has 1 aliphatic rings. The minimum Gasteiger partial charge on any atom is -0.333 e. The smallest absolute Gasteiger partial charge is 0.317 e. The van der Waals surface area contributed by atoms with E-state index in [1.165, 1.54) is 0 Å². The van der Waals surface area contributed by atoms with Crippen molar-refractivity contribution in [2.45, 2.75) is 32.4 Å². The lowest BCUT2D eigenvalue weighted by atomic mass is 10.2. The van der Waals surface area contributed by atoms with Crippen molar-refractivity contribution in [1.82, 2.24) is 20.0 Å². The van der Waals surface area contributed by atoms with Crippen LogP contribution in [0.15, 0.2) is 12.4 Å². The molecule has 110 valence electrons. The van der Waals surface area contributed by atoms with Gasteiger partial charge in [-0.25, -0.2) is 4.79 Å². The van der Waals surface area contributed by atoms with Crippen molar-refractivity contribution < 1.29 is 9.59 Å². The summed E-state index contributed by atoms with van der Waals surface area (Å²) in [4.78, 5) is 27.2. The number of rotatable bonds is 3. The van der Waals surface area contributed by atoms with Crippen LogP contribution in [0.2, 0.25) is 0 Å². The van der Waals surface area contributed by atoms with Crippen molar-refractivity contribution >= 4 is 17.6 Å². The molecule has 0 aromatic carbocycles. The highest BCUT2D eigenvalue weighted by Gasteiger charge is 2.32. The van der Waals surface area contributed by atoms with E-state index >= 15 is 0 Å². The van der Waals surface area contributed by atoms with Crippen molar-refractivity contribution in [2.24, 2.45) is 7.05 Å². The van der Waals surface area contributed by atoms with Crippen LogP contribution in [0.25, 0.3) is 0 Å². The van der Waals surface area contributed by atoms with Gasteiger partial charge in [0.05, 0.1) is 17.9 Å². The molecule has 1 aromatic rings. The molecule has 1 aromatic heterocycles. The Hall–Kier alpha value is -2.05. The number of nitrogens with zero attached hydrogens (tertiary/aromatic N) is 4. The number of carbonyl (C=O) groups is 2. The average molecular weight is 279 g/mol. The predicted octanol–water partition coefficient (Wildman–Crippen LogP) is 0.575. The maximum Gasteiger partial charge on any atom is 0.317 e. The summed E-state index contributed by atoms with van der Waals surface area (Å²) in [5.74, 6) is 0.00972. The molecule has 0 saturated carbocycles. The summed E-state index contributed by atoms with van der Waals surface area (Å²) in [5, 5.41) is 6.95. The Morgan fingerprint density at radius 1 is 1.55 bits per heavy atom. The zero-order valence-electron chi connectivity index (χ0n) is 12.3. The summed E-state index contributed by atoms with van der Waals surface area (Å²) < 4.78 is 1.65. The van der Waals surface area contributed by atoms with Crippen LogP contribution in [-0.4, -0.2) is 52.3 Å². The largest absolute Gasteiger partial charge is 0.333 e. The van der Waals surface area contributed by atoms with Crippen molar-refractivity contribution in [2.75, 3.05) is 18.5 Å². The second-order valence-corrected chi connectivity index (χ2v) is 5.43. The van der Waals surface area contributed by atoms with Gasteiger partial charge < -0.3 is 15.1 Å². The first-order valence-electron chi connectivity index (χ1n) is 6.71. The molecule has 1 aliphatic heterocycles. The van der Waals surface area contributed by atoms with E-state index in [9.17, 15) is 9.59 Å². The van der Waals surface area contributed by atoms with Crippen molar-refractivity contribution in [3.05, 3.63) is 12.4 Å². The van der Waals surface area contributed by atoms with Crippen LogP contribution >= 0.6 is 0 Å². The Morgan fingerprint density at radius 3 is 2.80 bits per heavy atom. The quantitative estimate of drug-likeness (QED) is 0.879. The molecule has 7 nitrogen and oxygen atoms in total. The Bertz CT molecular complexity index is 511. The zero-order valence-corrected chi connectivity index (χ0v) is 12.3. The summed E-state index contributed by atoms with van der Waals surface area (Å²) in [5.41, 5.74) is 0.770. The molecular weight excluding hydrogens is 258 g/mol. The lowest BCUT2D eigenvalue weighted by Gasteiger charge is -2.24. The highest BCUT2D eigenvalue weighted by molar-refractivity contribution is 5.96. The van der Waals surface area contributed by atoms with Crippen LogP contribution in [0, 0.1) is 0 Å². The molecule has 1 unspecified atom stereocenters. The number of hydrogen-bond donors (Lipinski definition) is 1. The summed E-state index contributed by atoms with van der Waals surface area (Å²) in [6.07, 6.45) is 3.78. The lowest BCUT2D eigenvalue weighted by Crippen LogP contribution is -2.46. The van der Waals surface area contributed by atoms with Crippen LogP contribution < -0.4 is 10.2 Å². The van der Waals surface area contributed by atoms with E-state index in [0.717, 1.165) is 5.69 Å². The molecule has 2 rings (SSSR count). The van der Waals surface area contributed by atoms with Gasteiger partial charge in [0.15, 0.2) is 0 Å². The van der Waals surface area contributed by atoms with Gasteiger partial charge in [-0.3, -0.25) is 9.48 Å². The first-order valence-corrected chi connectivity index (χ1v) is 6.71.